The first-order chi connectivity index (χ1) is 13.5. The lowest BCUT2D eigenvalue weighted by Crippen LogP contribution is -2.36. The molecule has 0 radical (unpaired) electrons. The van der Waals surface area contributed by atoms with Gasteiger partial charge in [0.25, 0.3) is 0 Å². The number of nitrogens with one attached hydrogen (secondary N) is 1. The van der Waals surface area contributed by atoms with Crippen LogP contribution in [0.25, 0.3) is 0 Å². The van der Waals surface area contributed by atoms with Crippen LogP contribution in [-0.4, -0.2) is 18.1 Å². The van der Waals surface area contributed by atoms with Gasteiger partial charge in [-0.15, -0.1) is 0 Å². The van der Waals surface area contributed by atoms with Crippen LogP contribution in [-0.2, 0) is 20.5 Å². The summed E-state index contributed by atoms with van der Waals surface area (Å²) in [6, 6.07) is 7.73. The highest BCUT2D eigenvalue weighted by molar-refractivity contribution is 6.30. The van der Waals surface area contributed by atoms with E-state index in [1.165, 1.54) is 38.1 Å². The van der Waals surface area contributed by atoms with Crippen molar-refractivity contribution in [1.82, 2.24) is 5.32 Å². The second kappa shape index (κ2) is 9.13. The zero-order valence-corrected chi connectivity index (χ0v) is 16.0. The fourth-order valence-corrected chi connectivity index (χ4v) is 2.50. The smallest absolute Gasteiger partial charge is 0.419 e. The Bertz CT molecular complexity index is 887. The molecule has 1 amide bonds. The number of hydrogen-bond donors (Lipinski definition) is 1. The van der Waals surface area contributed by atoms with Crippen molar-refractivity contribution in [2.45, 2.75) is 32.4 Å². The molecule has 0 fully saturated rings. The van der Waals surface area contributed by atoms with Crippen molar-refractivity contribution in [3.8, 4) is 5.75 Å². The molecule has 2 aromatic rings. The molecule has 29 heavy (non-hydrogen) atoms. The van der Waals surface area contributed by atoms with Crippen LogP contribution in [0.4, 0.5) is 17.6 Å². The van der Waals surface area contributed by atoms with E-state index in [1.54, 1.807) is 0 Å². The highest BCUT2D eigenvalue weighted by atomic mass is 35.5. The van der Waals surface area contributed by atoms with Gasteiger partial charge < -0.3 is 14.8 Å². The normalized spacial score (nSPS) is 13.3. The number of hydrogen-bond acceptors (Lipinski definition) is 4. The first-order valence-corrected chi connectivity index (χ1v) is 8.61. The Balaban J connectivity index is 2.34. The van der Waals surface area contributed by atoms with E-state index in [1.807, 2.05) is 0 Å². The Hall–Kier alpha value is -2.81. The van der Waals surface area contributed by atoms with Crippen molar-refractivity contribution >= 4 is 23.5 Å². The van der Waals surface area contributed by atoms with Crippen LogP contribution in [0.3, 0.4) is 0 Å². The van der Waals surface area contributed by atoms with E-state index in [0.717, 1.165) is 6.07 Å². The Morgan fingerprint density at radius 3 is 2.28 bits per heavy atom. The van der Waals surface area contributed by atoms with Gasteiger partial charge in [-0.2, -0.15) is 13.2 Å². The summed E-state index contributed by atoms with van der Waals surface area (Å²) in [6.45, 7) is 2.60. The van der Waals surface area contributed by atoms with E-state index in [0.29, 0.717) is 17.2 Å². The third-order valence-corrected chi connectivity index (χ3v) is 3.84. The third-order valence-electron chi connectivity index (χ3n) is 3.58. The van der Waals surface area contributed by atoms with Crippen molar-refractivity contribution in [3.63, 3.8) is 0 Å². The SMILES string of the molecule is CC(=O)NC(C)OC(=O)C(Oc1ccc(F)c(C(F)(F)F)c1)c1ccc(Cl)cc1. The lowest BCUT2D eigenvalue weighted by molar-refractivity contribution is -0.159. The summed E-state index contributed by atoms with van der Waals surface area (Å²) in [4.78, 5) is 23.6. The Morgan fingerprint density at radius 1 is 1.10 bits per heavy atom. The van der Waals surface area contributed by atoms with E-state index in [9.17, 15) is 27.2 Å². The second-order valence-electron chi connectivity index (χ2n) is 5.97. The number of esters is 1. The molecule has 0 aliphatic rings. The van der Waals surface area contributed by atoms with E-state index >= 15 is 0 Å². The topological polar surface area (TPSA) is 64.6 Å². The van der Waals surface area contributed by atoms with Crippen LogP contribution in [0.1, 0.15) is 31.1 Å². The van der Waals surface area contributed by atoms with Crippen molar-refractivity contribution < 1.29 is 36.6 Å². The Kier molecular flexibility index (Phi) is 7.07. The van der Waals surface area contributed by atoms with Gasteiger partial charge in [0.15, 0.2) is 6.23 Å². The quantitative estimate of drug-likeness (QED) is 0.409. The van der Waals surface area contributed by atoms with Crippen molar-refractivity contribution in [1.29, 1.82) is 0 Å². The largest absolute Gasteiger partial charge is 0.474 e. The third kappa shape index (κ3) is 6.35. The summed E-state index contributed by atoms with van der Waals surface area (Å²) >= 11 is 5.81. The maximum Gasteiger partial charge on any atom is 0.419 e. The summed E-state index contributed by atoms with van der Waals surface area (Å²) in [5, 5.41) is 2.69. The van der Waals surface area contributed by atoms with Gasteiger partial charge in [-0.05, 0) is 37.3 Å². The monoisotopic (exact) mass is 433 g/mol. The van der Waals surface area contributed by atoms with E-state index < -0.39 is 47.5 Å². The molecule has 1 N–H and O–H groups in total. The Labute approximate surface area is 168 Å². The fourth-order valence-electron chi connectivity index (χ4n) is 2.37. The number of ether oxygens (including phenoxy) is 2. The molecule has 5 nitrogen and oxygen atoms in total. The molecule has 0 aliphatic carbocycles. The van der Waals surface area contributed by atoms with Crippen LogP contribution in [0.2, 0.25) is 5.02 Å². The molecule has 0 saturated carbocycles. The summed E-state index contributed by atoms with van der Waals surface area (Å²) in [6.07, 6.45) is -7.45. The molecule has 0 saturated heterocycles. The average molecular weight is 434 g/mol. The van der Waals surface area contributed by atoms with Gasteiger partial charge in [0.1, 0.15) is 11.6 Å². The van der Waals surface area contributed by atoms with E-state index in [-0.39, 0.29) is 5.56 Å². The minimum Gasteiger partial charge on any atom is -0.474 e. The Morgan fingerprint density at radius 2 is 1.72 bits per heavy atom. The van der Waals surface area contributed by atoms with Crippen molar-refractivity contribution in [2.24, 2.45) is 0 Å². The highest BCUT2D eigenvalue weighted by Crippen LogP contribution is 2.35. The number of amides is 1. The highest BCUT2D eigenvalue weighted by Gasteiger charge is 2.35. The average Bonchev–Trinajstić information content (AvgIpc) is 2.60. The molecule has 156 valence electrons. The van der Waals surface area contributed by atoms with Crippen molar-refractivity contribution in [2.75, 3.05) is 0 Å². The van der Waals surface area contributed by atoms with E-state index in [2.05, 4.69) is 5.32 Å². The molecule has 0 aromatic heterocycles. The summed E-state index contributed by atoms with van der Waals surface area (Å²) in [5.41, 5.74) is -1.31. The zero-order valence-electron chi connectivity index (χ0n) is 15.2. The minimum absolute atomic E-state index is 0.229. The number of halogens is 5. The minimum atomic E-state index is -4.94. The van der Waals surface area contributed by atoms with Gasteiger partial charge in [0, 0.05) is 17.5 Å². The van der Waals surface area contributed by atoms with Gasteiger partial charge >= 0.3 is 12.1 Å². The first kappa shape index (κ1) is 22.5. The zero-order chi connectivity index (χ0) is 21.8. The second-order valence-corrected chi connectivity index (χ2v) is 6.40. The standard InChI is InChI=1S/C19H16ClF4NO4/c1-10(26)25-11(2)28-18(27)17(12-3-5-13(20)6-4-12)29-14-7-8-16(21)15(9-14)19(22,23)24/h3-9,11,17H,1-2H3,(H,25,26). The molecular weight excluding hydrogens is 418 g/mol. The number of carbonyl (C=O) groups is 2. The lowest BCUT2D eigenvalue weighted by atomic mass is 10.1. The molecule has 2 atom stereocenters. The predicted molar refractivity (Wildman–Crippen MR) is 95.6 cm³/mol. The van der Waals surface area contributed by atoms with Crippen molar-refractivity contribution in [3.05, 3.63) is 64.4 Å². The molecule has 2 unspecified atom stereocenters. The van der Waals surface area contributed by atoms with E-state index in [4.69, 9.17) is 21.1 Å². The number of carbonyl (C=O) groups excluding carboxylic acids is 2. The molecule has 2 rings (SSSR count). The summed E-state index contributed by atoms with van der Waals surface area (Å²) < 4.78 is 62.8. The molecule has 0 spiro atoms. The molecular formula is C19H16ClF4NO4. The van der Waals surface area contributed by atoms with Crippen LogP contribution < -0.4 is 10.1 Å². The number of rotatable bonds is 6. The van der Waals surface area contributed by atoms with Gasteiger partial charge in [-0.25, -0.2) is 9.18 Å². The summed E-state index contributed by atoms with van der Waals surface area (Å²) in [5.74, 6) is -3.31. The van der Waals surface area contributed by atoms with Crippen LogP contribution >= 0.6 is 11.6 Å². The van der Waals surface area contributed by atoms with Gasteiger partial charge in [0.2, 0.25) is 12.0 Å². The lowest BCUT2D eigenvalue weighted by Gasteiger charge is -2.22. The molecule has 10 heteroatoms. The number of benzene rings is 2. The maximum atomic E-state index is 13.5. The molecule has 0 heterocycles. The van der Waals surface area contributed by atoms with Gasteiger partial charge in [-0.3, -0.25) is 4.79 Å². The molecule has 2 aromatic carbocycles. The predicted octanol–water partition coefficient (Wildman–Crippen LogP) is 4.64. The molecule has 0 bridgehead atoms. The van der Waals surface area contributed by atoms with Crippen LogP contribution in [0.5, 0.6) is 5.75 Å². The maximum absolute atomic E-state index is 13.5. The summed E-state index contributed by atoms with van der Waals surface area (Å²) in [7, 11) is 0. The fraction of sp³-hybridized carbons (Fsp3) is 0.263. The molecule has 0 aliphatic heterocycles. The van der Waals surface area contributed by atoms with Crippen LogP contribution in [0.15, 0.2) is 42.5 Å². The van der Waals surface area contributed by atoms with Crippen LogP contribution in [0, 0.1) is 5.82 Å². The van der Waals surface area contributed by atoms with Gasteiger partial charge in [-0.1, -0.05) is 23.7 Å². The number of alkyl halides is 3. The first-order valence-electron chi connectivity index (χ1n) is 8.24. The van der Waals surface area contributed by atoms with Gasteiger partial charge in [0.05, 0.1) is 5.56 Å².